The second-order valence-electron chi connectivity index (χ2n) is 4.93. The summed E-state index contributed by atoms with van der Waals surface area (Å²) in [7, 11) is 0. The Bertz CT molecular complexity index is 757. The van der Waals surface area contributed by atoms with E-state index in [1.807, 2.05) is 0 Å². The molecule has 0 saturated carbocycles. The molecule has 0 radical (unpaired) electrons. The topological polar surface area (TPSA) is 0 Å². The van der Waals surface area contributed by atoms with E-state index >= 15 is 0 Å². The van der Waals surface area contributed by atoms with Crippen LogP contribution in [0.1, 0.15) is 21.5 Å². The summed E-state index contributed by atoms with van der Waals surface area (Å²) >= 11 is 7.40. The van der Waals surface area contributed by atoms with Crippen molar-refractivity contribution in [3.8, 4) is 0 Å². The van der Waals surface area contributed by atoms with Crippen molar-refractivity contribution in [1.29, 1.82) is 0 Å². The summed E-state index contributed by atoms with van der Waals surface area (Å²) in [6, 6.07) is 21.5. The van der Waals surface area contributed by atoms with Gasteiger partial charge in [0.25, 0.3) is 0 Å². The molecule has 0 saturated heterocycles. The number of benzene rings is 3. The van der Waals surface area contributed by atoms with Crippen LogP contribution in [0.3, 0.4) is 0 Å². The Hall–Kier alpha value is -1.12. The Labute approximate surface area is 136 Å². The van der Waals surface area contributed by atoms with Crippen LogP contribution in [-0.2, 0) is 0 Å². The van der Waals surface area contributed by atoms with Crippen molar-refractivity contribution in [3.63, 3.8) is 0 Å². The lowest BCUT2D eigenvalue weighted by Gasteiger charge is -2.16. The van der Waals surface area contributed by atoms with Crippen LogP contribution < -0.4 is 0 Å². The Kier molecular flexibility index (Phi) is 3.95. The van der Waals surface area contributed by atoms with Gasteiger partial charge in [-0.2, -0.15) is 0 Å². The van der Waals surface area contributed by atoms with E-state index in [2.05, 4.69) is 99.4 Å². The first kappa shape index (κ1) is 13.8. The fourth-order valence-electron chi connectivity index (χ4n) is 2.56. The molecule has 3 aromatic carbocycles. The lowest BCUT2D eigenvalue weighted by molar-refractivity contribution is 1.16. The van der Waals surface area contributed by atoms with Gasteiger partial charge < -0.3 is 0 Å². The molecule has 0 heterocycles. The molecule has 100 valence electrons. The molecule has 0 amide bonds. The molecule has 0 aliphatic heterocycles. The maximum absolute atomic E-state index is 3.88. The summed E-state index contributed by atoms with van der Waals surface area (Å²) in [5, 5.41) is 2.59. The van der Waals surface area contributed by atoms with E-state index in [1.54, 1.807) is 0 Å². The normalized spacial score (nSPS) is 12.6. The average Bonchev–Trinajstić information content (AvgIpc) is 2.46. The van der Waals surface area contributed by atoms with Crippen molar-refractivity contribution in [2.45, 2.75) is 11.8 Å². The molecule has 0 aromatic heterocycles. The van der Waals surface area contributed by atoms with Gasteiger partial charge in [-0.1, -0.05) is 80.4 Å². The molecule has 0 nitrogen and oxygen atoms in total. The Balaban J connectivity index is 2.15. The molecule has 20 heavy (non-hydrogen) atoms. The van der Waals surface area contributed by atoms with Gasteiger partial charge in [0.15, 0.2) is 0 Å². The van der Waals surface area contributed by atoms with Crippen LogP contribution in [0.5, 0.6) is 0 Å². The second kappa shape index (κ2) is 5.71. The first-order chi connectivity index (χ1) is 9.66. The highest BCUT2D eigenvalue weighted by atomic mass is 79.9. The highest BCUT2D eigenvalue weighted by Gasteiger charge is 2.15. The quantitative estimate of drug-likeness (QED) is 0.445. The number of alkyl halides is 1. The molecular weight excluding hydrogens is 376 g/mol. The summed E-state index contributed by atoms with van der Waals surface area (Å²) in [6.07, 6.45) is 0. The summed E-state index contributed by atoms with van der Waals surface area (Å²) < 4.78 is 1.12. The molecule has 0 aliphatic rings. The van der Waals surface area contributed by atoms with Crippen LogP contribution in [0.25, 0.3) is 10.8 Å². The van der Waals surface area contributed by atoms with Crippen LogP contribution in [-0.4, -0.2) is 0 Å². The largest absolute Gasteiger partial charge is 0.0786 e. The summed E-state index contributed by atoms with van der Waals surface area (Å²) in [5.41, 5.74) is 3.91. The molecule has 2 heteroatoms. The van der Waals surface area contributed by atoms with Gasteiger partial charge in [0, 0.05) is 4.47 Å². The van der Waals surface area contributed by atoms with E-state index in [9.17, 15) is 0 Å². The third-order valence-corrected chi connectivity index (χ3v) is 5.08. The Morgan fingerprint density at radius 1 is 0.850 bits per heavy atom. The van der Waals surface area contributed by atoms with Crippen molar-refractivity contribution >= 4 is 42.6 Å². The third kappa shape index (κ3) is 2.55. The van der Waals surface area contributed by atoms with Crippen LogP contribution in [0.4, 0.5) is 0 Å². The minimum Gasteiger partial charge on any atom is -0.0786 e. The van der Waals surface area contributed by atoms with Gasteiger partial charge in [0.05, 0.1) is 4.83 Å². The zero-order valence-corrected chi connectivity index (χ0v) is 14.3. The highest BCUT2D eigenvalue weighted by molar-refractivity contribution is 9.10. The molecule has 1 unspecified atom stereocenters. The predicted molar refractivity (Wildman–Crippen MR) is 93.6 cm³/mol. The van der Waals surface area contributed by atoms with Gasteiger partial charge in [-0.05, 0) is 46.5 Å². The number of hydrogen-bond donors (Lipinski definition) is 0. The van der Waals surface area contributed by atoms with Gasteiger partial charge >= 0.3 is 0 Å². The lowest BCUT2D eigenvalue weighted by atomic mass is 9.96. The van der Waals surface area contributed by atoms with Crippen LogP contribution in [0, 0.1) is 6.92 Å². The molecule has 3 aromatic rings. The fraction of sp³-hybridized carbons (Fsp3) is 0.111. The zero-order chi connectivity index (χ0) is 14.1. The van der Waals surface area contributed by atoms with Gasteiger partial charge in [-0.25, -0.2) is 0 Å². The summed E-state index contributed by atoms with van der Waals surface area (Å²) in [5.74, 6) is 0. The number of rotatable bonds is 2. The molecule has 0 spiro atoms. The lowest BCUT2D eigenvalue weighted by Crippen LogP contribution is -1.97. The maximum Gasteiger partial charge on any atom is 0.0653 e. The second-order valence-corrected chi connectivity index (χ2v) is 6.76. The van der Waals surface area contributed by atoms with E-state index < -0.39 is 0 Å². The van der Waals surface area contributed by atoms with E-state index in [4.69, 9.17) is 0 Å². The van der Waals surface area contributed by atoms with E-state index in [0.717, 1.165) is 4.47 Å². The van der Waals surface area contributed by atoms with Crippen molar-refractivity contribution < 1.29 is 0 Å². The van der Waals surface area contributed by atoms with Gasteiger partial charge in [0.1, 0.15) is 0 Å². The molecular formula is C18H14Br2. The fourth-order valence-corrected chi connectivity index (χ4v) is 3.95. The van der Waals surface area contributed by atoms with E-state index in [0.29, 0.717) is 0 Å². The number of fused-ring (bicyclic) bond motifs is 1. The molecule has 0 N–H and O–H groups in total. The SMILES string of the molecule is Cc1cc(Br)ccc1C(Br)c1cccc2ccccc12. The maximum atomic E-state index is 3.88. The minimum atomic E-state index is 0.210. The molecule has 0 aliphatic carbocycles. The Morgan fingerprint density at radius 3 is 2.40 bits per heavy atom. The molecule has 0 fully saturated rings. The summed E-state index contributed by atoms with van der Waals surface area (Å²) in [6.45, 7) is 2.15. The Morgan fingerprint density at radius 2 is 1.60 bits per heavy atom. The zero-order valence-electron chi connectivity index (χ0n) is 11.1. The molecule has 0 bridgehead atoms. The van der Waals surface area contributed by atoms with Gasteiger partial charge in [-0.15, -0.1) is 0 Å². The van der Waals surface area contributed by atoms with Gasteiger partial charge in [-0.3, -0.25) is 0 Å². The standard InChI is InChI=1S/C18H14Br2/c1-12-11-14(19)9-10-15(12)18(20)17-8-4-6-13-5-2-3-7-16(13)17/h2-11,18H,1H3. The van der Waals surface area contributed by atoms with Gasteiger partial charge in [0.2, 0.25) is 0 Å². The van der Waals surface area contributed by atoms with Crippen LogP contribution in [0.2, 0.25) is 0 Å². The monoisotopic (exact) mass is 388 g/mol. The number of aryl methyl sites for hydroxylation is 1. The van der Waals surface area contributed by atoms with Crippen molar-refractivity contribution in [2.75, 3.05) is 0 Å². The van der Waals surface area contributed by atoms with Crippen LogP contribution in [0.15, 0.2) is 65.1 Å². The van der Waals surface area contributed by atoms with Crippen molar-refractivity contribution in [1.82, 2.24) is 0 Å². The third-order valence-electron chi connectivity index (χ3n) is 3.60. The van der Waals surface area contributed by atoms with Crippen LogP contribution >= 0.6 is 31.9 Å². The smallest absolute Gasteiger partial charge is 0.0653 e. The van der Waals surface area contributed by atoms with Crippen molar-refractivity contribution in [2.24, 2.45) is 0 Å². The predicted octanol–water partition coefficient (Wildman–Crippen LogP) is 6.40. The average molecular weight is 390 g/mol. The van der Waals surface area contributed by atoms with E-state index in [1.165, 1.54) is 27.5 Å². The molecule has 1 atom stereocenters. The minimum absolute atomic E-state index is 0.210. The summed E-state index contributed by atoms with van der Waals surface area (Å²) in [4.78, 5) is 0.210. The highest BCUT2D eigenvalue weighted by Crippen LogP contribution is 2.37. The first-order valence-electron chi connectivity index (χ1n) is 6.54. The number of halogens is 2. The number of hydrogen-bond acceptors (Lipinski definition) is 0. The van der Waals surface area contributed by atoms with E-state index in [-0.39, 0.29) is 4.83 Å². The first-order valence-corrected chi connectivity index (χ1v) is 8.25. The van der Waals surface area contributed by atoms with Crippen molar-refractivity contribution in [3.05, 3.63) is 81.8 Å². The molecule has 3 rings (SSSR count).